The molecule has 0 aliphatic carbocycles. The second-order valence-electron chi connectivity index (χ2n) is 4.85. The highest BCUT2D eigenvalue weighted by molar-refractivity contribution is 8.00. The smallest absolute Gasteiger partial charge is 0.238 e. The van der Waals surface area contributed by atoms with Crippen LogP contribution in [0.4, 0.5) is 5.82 Å². The molecule has 2 aromatic rings. The molecule has 1 heterocycles. The van der Waals surface area contributed by atoms with E-state index in [0.717, 1.165) is 11.5 Å². The normalized spacial score (nSPS) is 11.8. The number of nitrogens with zero attached hydrogens (tertiary/aromatic N) is 1. The van der Waals surface area contributed by atoms with Crippen LogP contribution in [-0.2, 0) is 4.79 Å². The largest absolute Gasteiger partial charge is 0.497 e. The number of aromatic nitrogens is 1. The number of ether oxygens (including phenoxy) is 2. The van der Waals surface area contributed by atoms with Gasteiger partial charge in [0.2, 0.25) is 5.91 Å². The molecule has 0 bridgehead atoms. The van der Waals surface area contributed by atoms with E-state index in [9.17, 15) is 4.79 Å². The van der Waals surface area contributed by atoms with Crippen molar-refractivity contribution in [2.75, 3.05) is 24.8 Å². The van der Waals surface area contributed by atoms with Gasteiger partial charge in [-0.15, -0.1) is 11.8 Å². The van der Waals surface area contributed by atoms with Gasteiger partial charge in [-0.05, 0) is 38.1 Å². The zero-order chi connectivity index (χ0) is 16.7. The molecule has 1 amide bonds. The Hall–Kier alpha value is -2.15. The second kappa shape index (κ2) is 8.47. The molecule has 0 saturated carbocycles. The van der Waals surface area contributed by atoms with Gasteiger partial charge in [0.15, 0.2) is 5.82 Å². The number of benzene rings is 1. The van der Waals surface area contributed by atoms with E-state index in [0.29, 0.717) is 23.9 Å². The van der Waals surface area contributed by atoms with Crippen molar-refractivity contribution in [3.05, 3.63) is 36.1 Å². The summed E-state index contributed by atoms with van der Waals surface area (Å²) in [6.07, 6.45) is 0. The molecule has 124 valence electrons. The van der Waals surface area contributed by atoms with E-state index in [-0.39, 0.29) is 11.2 Å². The van der Waals surface area contributed by atoms with Crippen LogP contribution < -0.4 is 14.8 Å². The number of methoxy groups -OCH3 is 1. The Labute approximate surface area is 139 Å². The molecule has 6 nitrogen and oxygen atoms in total. The number of hydrogen-bond acceptors (Lipinski definition) is 6. The molecular weight excluding hydrogens is 316 g/mol. The van der Waals surface area contributed by atoms with Crippen molar-refractivity contribution in [2.24, 2.45) is 0 Å². The molecule has 1 aromatic heterocycles. The summed E-state index contributed by atoms with van der Waals surface area (Å²) in [5.41, 5.74) is 0. The molecule has 0 unspecified atom stereocenters. The topological polar surface area (TPSA) is 73.6 Å². The Morgan fingerprint density at radius 2 is 2.04 bits per heavy atom. The summed E-state index contributed by atoms with van der Waals surface area (Å²) >= 11 is 1.52. The van der Waals surface area contributed by atoms with E-state index < -0.39 is 0 Å². The molecule has 1 aromatic carbocycles. The molecule has 7 heteroatoms. The lowest BCUT2D eigenvalue weighted by Gasteiger charge is -2.11. The standard InChI is InChI=1S/C16H20N2O4S/c1-11-10-15(18-22-11)17-16(19)12(2)23-9-8-21-14-6-4-13(20-3)5-7-14/h4-7,10,12H,8-9H2,1-3H3,(H,17,18,19)/t12-/m0/s1. The van der Waals surface area contributed by atoms with Gasteiger partial charge < -0.3 is 19.3 Å². The molecule has 23 heavy (non-hydrogen) atoms. The fourth-order valence-electron chi connectivity index (χ4n) is 1.79. The first-order valence-corrected chi connectivity index (χ1v) is 8.26. The van der Waals surface area contributed by atoms with Crippen LogP contribution in [0.2, 0.25) is 0 Å². The van der Waals surface area contributed by atoms with Crippen molar-refractivity contribution < 1.29 is 18.8 Å². The molecule has 1 N–H and O–H groups in total. The minimum absolute atomic E-state index is 0.104. The first-order chi connectivity index (χ1) is 11.1. The number of thioether (sulfide) groups is 1. The number of carbonyl (C=O) groups is 1. The summed E-state index contributed by atoms with van der Waals surface area (Å²) in [4.78, 5) is 12.0. The van der Waals surface area contributed by atoms with Crippen LogP contribution in [0.1, 0.15) is 12.7 Å². The summed E-state index contributed by atoms with van der Waals surface area (Å²) in [7, 11) is 1.62. The summed E-state index contributed by atoms with van der Waals surface area (Å²) in [5.74, 6) is 3.27. The third-order valence-corrected chi connectivity index (χ3v) is 4.14. The fourth-order valence-corrected chi connectivity index (χ4v) is 2.53. The van der Waals surface area contributed by atoms with Crippen LogP contribution in [0.3, 0.4) is 0 Å². The molecule has 1 atom stereocenters. The minimum atomic E-state index is -0.202. The number of hydrogen-bond donors (Lipinski definition) is 1. The maximum Gasteiger partial charge on any atom is 0.238 e. The summed E-state index contributed by atoms with van der Waals surface area (Å²) in [6.45, 7) is 4.15. The van der Waals surface area contributed by atoms with Crippen molar-refractivity contribution in [1.82, 2.24) is 5.16 Å². The lowest BCUT2D eigenvalue weighted by atomic mass is 10.3. The number of nitrogens with one attached hydrogen (secondary N) is 1. The quantitative estimate of drug-likeness (QED) is 0.747. The third kappa shape index (κ3) is 5.52. The summed E-state index contributed by atoms with van der Waals surface area (Å²) in [5, 5.41) is 6.25. The highest BCUT2D eigenvalue weighted by Gasteiger charge is 2.15. The maximum atomic E-state index is 12.0. The number of aryl methyl sites for hydroxylation is 1. The highest BCUT2D eigenvalue weighted by atomic mass is 32.2. The first-order valence-electron chi connectivity index (χ1n) is 7.21. The number of rotatable bonds is 8. The average Bonchev–Trinajstić information content (AvgIpc) is 2.96. The van der Waals surface area contributed by atoms with Crippen LogP contribution >= 0.6 is 11.8 Å². The number of carbonyl (C=O) groups excluding carboxylic acids is 1. The van der Waals surface area contributed by atoms with E-state index in [1.165, 1.54) is 11.8 Å². The Balaban J connectivity index is 1.67. The van der Waals surface area contributed by atoms with Gasteiger partial charge >= 0.3 is 0 Å². The fraction of sp³-hybridized carbons (Fsp3) is 0.375. The van der Waals surface area contributed by atoms with Gasteiger partial charge in [-0.2, -0.15) is 0 Å². The van der Waals surface area contributed by atoms with Gasteiger partial charge in [0.25, 0.3) is 0 Å². The zero-order valence-electron chi connectivity index (χ0n) is 13.4. The van der Waals surface area contributed by atoms with Crippen molar-refractivity contribution in [3.8, 4) is 11.5 Å². The van der Waals surface area contributed by atoms with Crippen LogP contribution in [0.25, 0.3) is 0 Å². The predicted molar refractivity (Wildman–Crippen MR) is 90.3 cm³/mol. The van der Waals surface area contributed by atoms with Crippen molar-refractivity contribution >= 4 is 23.5 Å². The van der Waals surface area contributed by atoms with Crippen LogP contribution in [0.15, 0.2) is 34.9 Å². The van der Waals surface area contributed by atoms with Crippen LogP contribution in [0, 0.1) is 6.92 Å². The Bertz CT molecular complexity index is 627. The maximum absolute atomic E-state index is 12.0. The molecule has 0 fully saturated rings. The lowest BCUT2D eigenvalue weighted by molar-refractivity contribution is -0.115. The van der Waals surface area contributed by atoms with Gasteiger partial charge in [0.05, 0.1) is 19.0 Å². The summed E-state index contributed by atoms with van der Waals surface area (Å²) < 4.78 is 15.6. The molecule has 0 aliphatic heterocycles. The monoisotopic (exact) mass is 336 g/mol. The van der Waals surface area contributed by atoms with E-state index in [1.54, 1.807) is 20.1 Å². The number of amides is 1. The Morgan fingerprint density at radius 3 is 2.65 bits per heavy atom. The third-order valence-electron chi connectivity index (χ3n) is 3.03. The molecule has 0 aliphatic rings. The van der Waals surface area contributed by atoms with E-state index >= 15 is 0 Å². The van der Waals surface area contributed by atoms with Crippen molar-refractivity contribution in [2.45, 2.75) is 19.1 Å². The Morgan fingerprint density at radius 1 is 1.35 bits per heavy atom. The van der Waals surface area contributed by atoms with Crippen molar-refractivity contribution in [1.29, 1.82) is 0 Å². The van der Waals surface area contributed by atoms with Gasteiger partial charge in [0, 0.05) is 11.8 Å². The van der Waals surface area contributed by atoms with E-state index in [4.69, 9.17) is 14.0 Å². The molecule has 2 rings (SSSR count). The van der Waals surface area contributed by atoms with E-state index in [2.05, 4.69) is 10.5 Å². The van der Waals surface area contributed by atoms with Crippen LogP contribution in [-0.4, -0.2) is 35.8 Å². The van der Waals surface area contributed by atoms with Crippen molar-refractivity contribution in [3.63, 3.8) is 0 Å². The van der Waals surface area contributed by atoms with Gasteiger partial charge in [0.1, 0.15) is 17.3 Å². The molecule has 0 spiro atoms. The van der Waals surface area contributed by atoms with Gasteiger partial charge in [-0.3, -0.25) is 4.79 Å². The van der Waals surface area contributed by atoms with E-state index in [1.807, 2.05) is 31.2 Å². The average molecular weight is 336 g/mol. The summed E-state index contributed by atoms with van der Waals surface area (Å²) in [6, 6.07) is 9.08. The lowest BCUT2D eigenvalue weighted by Crippen LogP contribution is -2.23. The van der Waals surface area contributed by atoms with Gasteiger partial charge in [-0.25, -0.2) is 0 Å². The minimum Gasteiger partial charge on any atom is -0.497 e. The SMILES string of the molecule is COc1ccc(OCCS[C@@H](C)C(=O)Nc2cc(C)on2)cc1. The Kier molecular flexibility index (Phi) is 6.34. The molecule has 0 radical (unpaired) electrons. The first kappa shape index (κ1) is 17.2. The van der Waals surface area contributed by atoms with Crippen LogP contribution in [0.5, 0.6) is 11.5 Å². The predicted octanol–water partition coefficient (Wildman–Crippen LogP) is 3.13. The molecule has 0 saturated heterocycles. The highest BCUT2D eigenvalue weighted by Crippen LogP contribution is 2.18. The second-order valence-corrected chi connectivity index (χ2v) is 6.30. The zero-order valence-corrected chi connectivity index (χ0v) is 14.2. The van der Waals surface area contributed by atoms with Gasteiger partial charge in [-0.1, -0.05) is 5.16 Å². The molecular formula is C16H20N2O4S. The number of anilines is 1.